The molecule has 0 amide bonds. The number of carbonyl (C=O) groups is 1. The molecule has 0 unspecified atom stereocenters. The summed E-state index contributed by atoms with van der Waals surface area (Å²) in [5.41, 5.74) is 2.05. The molecule has 0 spiro atoms. The lowest BCUT2D eigenvalue weighted by Gasteiger charge is -2.12. The zero-order chi connectivity index (χ0) is 27.7. The van der Waals surface area contributed by atoms with Crippen LogP contribution in [-0.4, -0.2) is 42.6 Å². The van der Waals surface area contributed by atoms with E-state index < -0.39 is 9.84 Å². The van der Waals surface area contributed by atoms with Crippen LogP contribution < -0.4 is 24.3 Å². The second-order valence-corrected chi connectivity index (χ2v) is 10.7. The summed E-state index contributed by atoms with van der Waals surface area (Å²) < 4.78 is 48.1. The molecule has 3 rings (SSSR count). The number of ketones is 1. The van der Waals surface area contributed by atoms with E-state index in [2.05, 4.69) is 21.2 Å². The molecule has 0 fully saturated rings. The van der Waals surface area contributed by atoms with Crippen molar-refractivity contribution in [3.63, 3.8) is 0 Å². The topological polar surface area (TPSA) is 100 Å². The Morgan fingerprint density at radius 3 is 2.08 bits per heavy atom. The molecule has 0 saturated heterocycles. The maximum absolute atomic E-state index is 12.9. The lowest BCUT2D eigenvalue weighted by atomic mass is 10.1. The third-order valence-electron chi connectivity index (χ3n) is 5.43. The molecule has 1 N–H and O–H groups in total. The summed E-state index contributed by atoms with van der Waals surface area (Å²) in [7, 11) is 2.30. The number of rotatable bonds is 12. The number of sulfone groups is 1. The van der Waals surface area contributed by atoms with Crippen molar-refractivity contribution in [3.05, 3.63) is 93.4 Å². The van der Waals surface area contributed by atoms with Crippen molar-refractivity contribution in [2.45, 2.75) is 5.75 Å². The third kappa shape index (κ3) is 7.62. The van der Waals surface area contributed by atoms with Gasteiger partial charge in [0.1, 0.15) is 23.0 Å². The van der Waals surface area contributed by atoms with E-state index in [1.54, 1.807) is 54.6 Å². The fraction of sp³-hybridized carbons (Fsp3) is 0.179. The smallest absolute Gasteiger partial charge is 0.187 e. The Morgan fingerprint density at radius 1 is 0.868 bits per heavy atom. The van der Waals surface area contributed by atoms with Gasteiger partial charge in [-0.15, -0.1) is 0 Å². The zero-order valence-electron chi connectivity index (χ0n) is 21.4. The van der Waals surface area contributed by atoms with Crippen LogP contribution >= 0.6 is 15.9 Å². The number of nitrogens with one attached hydrogen (secondary N) is 1. The van der Waals surface area contributed by atoms with E-state index in [-0.39, 0.29) is 11.5 Å². The first-order chi connectivity index (χ1) is 18.2. The summed E-state index contributed by atoms with van der Waals surface area (Å²) in [5, 5.41) is 4.13. The van der Waals surface area contributed by atoms with Crippen LogP contribution in [-0.2, 0) is 15.6 Å². The van der Waals surface area contributed by atoms with Gasteiger partial charge in [-0.2, -0.15) is 0 Å². The number of carbonyl (C=O) groups excluding carboxylic acids is 1. The molecule has 3 aromatic carbocycles. The molecule has 8 nitrogen and oxygen atoms in total. The van der Waals surface area contributed by atoms with Crippen LogP contribution in [0.4, 0.5) is 5.69 Å². The molecule has 0 heterocycles. The molecule has 0 bridgehead atoms. The van der Waals surface area contributed by atoms with Crippen LogP contribution in [0.3, 0.4) is 0 Å². The van der Waals surface area contributed by atoms with Crippen molar-refractivity contribution in [2.75, 3.05) is 33.8 Å². The average Bonchev–Trinajstić information content (AvgIpc) is 2.91. The molecule has 200 valence electrons. The Labute approximate surface area is 230 Å². The Hall–Kier alpha value is -3.76. The summed E-state index contributed by atoms with van der Waals surface area (Å²) >= 11 is 3.34. The van der Waals surface area contributed by atoms with Gasteiger partial charge in [-0.1, -0.05) is 22.0 Å². The minimum Gasteiger partial charge on any atom is -0.496 e. The summed E-state index contributed by atoms with van der Waals surface area (Å²) in [6, 6.07) is 15.3. The number of anilines is 1. The fourth-order valence-corrected chi connectivity index (χ4v) is 4.87. The minimum atomic E-state index is -3.68. The number of allylic oxidation sites excluding steroid dienone is 1. The Balaban J connectivity index is 1.78. The van der Waals surface area contributed by atoms with E-state index >= 15 is 0 Å². The van der Waals surface area contributed by atoms with Crippen molar-refractivity contribution in [1.29, 1.82) is 0 Å². The number of hydrogen-bond donors (Lipinski definition) is 1. The molecular weight excluding hydrogens is 574 g/mol. The van der Waals surface area contributed by atoms with Gasteiger partial charge >= 0.3 is 0 Å². The highest BCUT2D eigenvalue weighted by Gasteiger charge is 2.15. The van der Waals surface area contributed by atoms with Gasteiger partial charge in [0.15, 0.2) is 15.6 Å². The first kappa shape index (κ1) is 28.8. The van der Waals surface area contributed by atoms with Crippen LogP contribution in [0.25, 0.3) is 6.08 Å². The highest BCUT2D eigenvalue weighted by Crippen LogP contribution is 2.35. The van der Waals surface area contributed by atoms with E-state index in [0.717, 1.165) is 9.88 Å². The molecule has 0 atom stereocenters. The summed E-state index contributed by atoms with van der Waals surface area (Å²) in [6.07, 6.45) is 4.32. The van der Waals surface area contributed by atoms with E-state index in [1.807, 2.05) is 0 Å². The Morgan fingerprint density at radius 2 is 1.50 bits per heavy atom. The van der Waals surface area contributed by atoms with Crippen molar-refractivity contribution in [2.24, 2.45) is 0 Å². The van der Waals surface area contributed by atoms with Crippen LogP contribution in [0.15, 0.2) is 76.8 Å². The largest absolute Gasteiger partial charge is 0.496 e. The first-order valence-electron chi connectivity index (χ1n) is 11.3. The van der Waals surface area contributed by atoms with E-state index in [9.17, 15) is 13.2 Å². The van der Waals surface area contributed by atoms with Gasteiger partial charge in [0.2, 0.25) is 0 Å². The lowest BCUT2D eigenvalue weighted by Crippen LogP contribution is -2.02. The SMILES string of the molecule is COc1cc(OC)c(/C=C/S(=O)(=O)Cc2ccc(OC)c(N/C=C\C(=O)c3ccc(Br)cc3)c2)c(OC)c1. The maximum atomic E-state index is 12.9. The molecule has 3 aromatic rings. The predicted octanol–water partition coefficient (Wildman–Crippen LogP) is 5.88. The molecule has 0 saturated carbocycles. The third-order valence-corrected chi connectivity index (χ3v) is 7.24. The predicted molar refractivity (Wildman–Crippen MR) is 152 cm³/mol. The number of methoxy groups -OCH3 is 4. The van der Waals surface area contributed by atoms with Gasteiger partial charge in [0.25, 0.3) is 0 Å². The Bertz CT molecular complexity index is 1420. The van der Waals surface area contributed by atoms with Gasteiger partial charge in [-0.3, -0.25) is 4.79 Å². The fourth-order valence-electron chi connectivity index (χ4n) is 3.52. The highest BCUT2D eigenvalue weighted by molar-refractivity contribution is 9.10. The number of ether oxygens (including phenoxy) is 4. The summed E-state index contributed by atoms with van der Waals surface area (Å²) in [4.78, 5) is 12.4. The summed E-state index contributed by atoms with van der Waals surface area (Å²) in [5.74, 6) is 1.39. The molecule has 0 aromatic heterocycles. The highest BCUT2D eigenvalue weighted by atomic mass is 79.9. The van der Waals surface area contributed by atoms with Crippen molar-refractivity contribution < 1.29 is 32.2 Å². The molecular formula is C28H28BrNO7S. The van der Waals surface area contributed by atoms with Gasteiger partial charge in [0.05, 0.1) is 45.4 Å². The number of benzene rings is 3. The van der Waals surface area contributed by atoms with Gasteiger partial charge in [0, 0.05) is 39.9 Å². The van der Waals surface area contributed by atoms with Gasteiger partial charge in [-0.05, 0) is 48.0 Å². The first-order valence-corrected chi connectivity index (χ1v) is 13.8. The van der Waals surface area contributed by atoms with Crippen molar-refractivity contribution in [3.8, 4) is 23.0 Å². The van der Waals surface area contributed by atoms with Crippen LogP contribution in [0.5, 0.6) is 23.0 Å². The van der Waals surface area contributed by atoms with Crippen molar-refractivity contribution in [1.82, 2.24) is 0 Å². The summed E-state index contributed by atoms with van der Waals surface area (Å²) in [6.45, 7) is 0. The average molecular weight is 603 g/mol. The second kappa shape index (κ2) is 13.2. The molecule has 10 heteroatoms. The molecule has 0 aliphatic rings. The molecule has 0 aliphatic carbocycles. The minimum absolute atomic E-state index is 0.183. The van der Waals surface area contributed by atoms with E-state index in [1.165, 1.54) is 46.8 Å². The van der Waals surface area contributed by atoms with Crippen LogP contribution in [0, 0.1) is 0 Å². The van der Waals surface area contributed by atoms with E-state index in [0.29, 0.717) is 45.4 Å². The maximum Gasteiger partial charge on any atom is 0.187 e. The second-order valence-electron chi connectivity index (χ2n) is 7.94. The van der Waals surface area contributed by atoms with Crippen LogP contribution in [0.2, 0.25) is 0 Å². The van der Waals surface area contributed by atoms with Gasteiger partial charge < -0.3 is 24.3 Å². The van der Waals surface area contributed by atoms with Crippen molar-refractivity contribution >= 4 is 43.3 Å². The monoisotopic (exact) mass is 601 g/mol. The number of halogens is 1. The normalized spacial score (nSPS) is 11.5. The van der Waals surface area contributed by atoms with E-state index in [4.69, 9.17) is 18.9 Å². The zero-order valence-corrected chi connectivity index (χ0v) is 23.8. The van der Waals surface area contributed by atoms with Gasteiger partial charge in [-0.25, -0.2) is 8.42 Å². The molecule has 0 radical (unpaired) electrons. The Kier molecular flexibility index (Phi) is 9.98. The standard InChI is InChI=1S/C28H28BrNO7S/c1-34-22-16-27(36-3)23(28(17-22)37-4)12-14-38(32,33)18-19-5-10-26(35-2)24(15-19)30-13-11-25(31)20-6-8-21(29)9-7-20/h5-17,30H,18H2,1-4H3/b13-11-,14-12+. The lowest BCUT2D eigenvalue weighted by molar-refractivity contribution is 0.104. The quantitative estimate of drug-likeness (QED) is 0.203. The van der Waals surface area contributed by atoms with Crippen LogP contribution in [0.1, 0.15) is 21.5 Å². The molecule has 0 aliphatic heterocycles. The molecule has 38 heavy (non-hydrogen) atoms. The number of hydrogen-bond acceptors (Lipinski definition) is 8.